The van der Waals surface area contributed by atoms with Crippen molar-refractivity contribution in [1.29, 1.82) is 0 Å². The summed E-state index contributed by atoms with van der Waals surface area (Å²) in [5.74, 6) is 0.843. The van der Waals surface area contributed by atoms with Crippen LogP contribution in [0.1, 0.15) is 16.7 Å². The summed E-state index contributed by atoms with van der Waals surface area (Å²) in [5.41, 5.74) is 0.925. The van der Waals surface area contributed by atoms with E-state index >= 15 is 0 Å². The molecular formula is C28H28N4O6. The summed E-state index contributed by atoms with van der Waals surface area (Å²) in [6.45, 7) is 1.98. The van der Waals surface area contributed by atoms with Crippen molar-refractivity contribution >= 4 is 11.5 Å². The molecule has 0 saturated heterocycles. The van der Waals surface area contributed by atoms with Gasteiger partial charge in [0.1, 0.15) is 11.4 Å². The first-order valence-electron chi connectivity index (χ1n) is 11.7. The maximum absolute atomic E-state index is 13.0. The van der Waals surface area contributed by atoms with Gasteiger partial charge in [-0.2, -0.15) is 0 Å². The highest BCUT2D eigenvalue weighted by Gasteiger charge is 2.21. The average Bonchev–Trinajstić information content (AvgIpc) is 2.92. The molecule has 4 rings (SSSR count). The number of aromatic nitrogens is 2. The fourth-order valence-corrected chi connectivity index (χ4v) is 3.91. The van der Waals surface area contributed by atoms with Crippen LogP contribution in [0.5, 0.6) is 23.1 Å². The fraction of sp³-hybridized carbons (Fsp3) is 0.179. The van der Waals surface area contributed by atoms with Crippen LogP contribution in [0.25, 0.3) is 5.69 Å². The molecule has 0 aliphatic heterocycles. The first kappa shape index (κ1) is 26.1. The molecule has 0 saturated carbocycles. The number of nitrogens with one attached hydrogen (secondary N) is 2. The number of hydrogen-bond donors (Lipinski definition) is 3. The topological polar surface area (TPSA) is 127 Å². The van der Waals surface area contributed by atoms with Crippen LogP contribution in [-0.2, 0) is 6.54 Å². The zero-order valence-corrected chi connectivity index (χ0v) is 21.4. The quantitative estimate of drug-likeness (QED) is 0.241. The van der Waals surface area contributed by atoms with Gasteiger partial charge in [0.15, 0.2) is 11.5 Å². The summed E-state index contributed by atoms with van der Waals surface area (Å²) >= 11 is 0. The first-order valence-corrected chi connectivity index (χ1v) is 11.7. The Morgan fingerprint density at radius 2 is 1.58 bits per heavy atom. The summed E-state index contributed by atoms with van der Waals surface area (Å²) in [5, 5.41) is 14.3. The number of H-pyrrole nitrogens is 1. The molecule has 0 bridgehead atoms. The van der Waals surface area contributed by atoms with Gasteiger partial charge in [0.05, 0.1) is 33.6 Å². The van der Waals surface area contributed by atoms with E-state index in [9.17, 15) is 14.7 Å². The molecule has 0 unspecified atom stereocenters. The van der Waals surface area contributed by atoms with Crippen molar-refractivity contribution in [2.24, 2.45) is 4.99 Å². The van der Waals surface area contributed by atoms with Gasteiger partial charge >= 0.3 is 5.69 Å². The Balaban J connectivity index is 1.86. The van der Waals surface area contributed by atoms with Crippen molar-refractivity contribution in [3.63, 3.8) is 0 Å². The van der Waals surface area contributed by atoms with E-state index in [1.807, 2.05) is 25.1 Å². The molecule has 0 spiro atoms. The van der Waals surface area contributed by atoms with Gasteiger partial charge in [-0.3, -0.25) is 14.8 Å². The van der Waals surface area contributed by atoms with E-state index in [1.54, 1.807) is 48.5 Å². The number of methoxy groups -OCH3 is 3. The Labute approximate surface area is 218 Å². The summed E-state index contributed by atoms with van der Waals surface area (Å²) in [7, 11) is 4.54. The Morgan fingerprint density at radius 3 is 2.16 bits per heavy atom. The zero-order valence-electron chi connectivity index (χ0n) is 21.4. The van der Waals surface area contributed by atoms with Crippen LogP contribution in [0.3, 0.4) is 0 Å². The second-order valence-corrected chi connectivity index (χ2v) is 8.32. The smallest absolute Gasteiger partial charge is 0.335 e. The number of aryl methyl sites for hydroxylation is 1. The van der Waals surface area contributed by atoms with E-state index < -0.39 is 17.1 Å². The van der Waals surface area contributed by atoms with Gasteiger partial charge in [-0.25, -0.2) is 9.36 Å². The molecule has 0 amide bonds. The van der Waals surface area contributed by atoms with Crippen molar-refractivity contribution in [2.45, 2.75) is 13.5 Å². The summed E-state index contributed by atoms with van der Waals surface area (Å²) in [6, 6.07) is 19.5. The van der Waals surface area contributed by atoms with Crippen LogP contribution in [0.2, 0.25) is 0 Å². The minimum atomic E-state index is -0.789. The number of ether oxygens (including phenoxy) is 3. The van der Waals surface area contributed by atoms with Crippen molar-refractivity contribution in [1.82, 2.24) is 9.55 Å². The van der Waals surface area contributed by atoms with Gasteiger partial charge in [0.2, 0.25) is 11.6 Å². The molecule has 10 heteroatoms. The van der Waals surface area contributed by atoms with Crippen molar-refractivity contribution in [3.05, 3.63) is 104 Å². The predicted molar refractivity (Wildman–Crippen MR) is 145 cm³/mol. The molecule has 0 aliphatic rings. The molecule has 3 aromatic carbocycles. The maximum Gasteiger partial charge on any atom is 0.335 e. The largest absolute Gasteiger partial charge is 0.493 e. The molecule has 0 fully saturated rings. The number of rotatable bonds is 8. The molecular weight excluding hydrogens is 488 g/mol. The van der Waals surface area contributed by atoms with E-state index in [4.69, 9.17) is 14.2 Å². The van der Waals surface area contributed by atoms with Gasteiger partial charge in [-0.05, 0) is 48.9 Å². The molecule has 0 aliphatic carbocycles. The number of aromatic amines is 1. The molecule has 4 aromatic rings. The maximum atomic E-state index is 13.0. The van der Waals surface area contributed by atoms with E-state index in [2.05, 4.69) is 15.3 Å². The summed E-state index contributed by atoms with van der Waals surface area (Å²) in [4.78, 5) is 32.6. The lowest BCUT2D eigenvalue weighted by Gasteiger charge is -2.16. The molecule has 38 heavy (non-hydrogen) atoms. The molecule has 0 radical (unpaired) electrons. The Morgan fingerprint density at radius 1 is 0.947 bits per heavy atom. The minimum absolute atomic E-state index is 0.0598. The fourth-order valence-electron chi connectivity index (χ4n) is 3.91. The third kappa shape index (κ3) is 5.39. The number of benzene rings is 3. The van der Waals surface area contributed by atoms with Crippen LogP contribution < -0.4 is 30.8 Å². The average molecular weight is 517 g/mol. The van der Waals surface area contributed by atoms with Gasteiger partial charge in [-0.1, -0.05) is 35.9 Å². The number of aromatic hydroxyl groups is 1. The highest BCUT2D eigenvalue weighted by atomic mass is 16.5. The van der Waals surface area contributed by atoms with Crippen molar-refractivity contribution < 1.29 is 19.3 Å². The number of hydrogen-bond acceptors (Lipinski definition) is 7. The monoisotopic (exact) mass is 516 g/mol. The predicted octanol–water partition coefficient (Wildman–Crippen LogP) is 3.62. The van der Waals surface area contributed by atoms with E-state index in [0.29, 0.717) is 34.2 Å². The molecule has 10 nitrogen and oxygen atoms in total. The lowest BCUT2D eigenvalue weighted by atomic mass is 10.1. The minimum Gasteiger partial charge on any atom is -0.493 e. The molecule has 196 valence electrons. The molecule has 1 heterocycles. The molecule has 1 aromatic heterocycles. The third-order valence-electron chi connectivity index (χ3n) is 5.80. The highest BCUT2D eigenvalue weighted by molar-refractivity contribution is 6.09. The van der Waals surface area contributed by atoms with E-state index in [0.717, 1.165) is 10.1 Å². The number of anilines is 1. The molecule has 0 atom stereocenters. The lowest BCUT2D eigenvalue weighted by Crippen LogP contribution is -2.35. The highest BCUT2D eigenvalue weighted by Crippen LogP contribution is 2.38. The standard InChI is InChI=1S/C28H28N4O6/c1-17-10-12-20(13-11-17)32-27(34)23(26(33)31-28(32)35)25(30-19-8-6-5-7-9-19)29-16-18-14-21(36-2)24(38-4)22(15-18)37-3/h5-15,34H,16H2,1-4H3,(H,29,30)(H,31,33,35). The van der Waals surface area contributed by atoms with Crippen molar-refractivity contribution in [2.75, 3.05) is 26.6 Å². The lowest BCUT2D eigenvalue weighted by molar-refractivity contribution is 0.324. The number of para-hydroxylation sites is 1. The van der Waals surface area contributed by atoms with Gasteiger partial charge in [0.25, 0.3) is 5.56 Å². The van der Waals surface area contributed by atoms with E-state index in [1.165, 1.54) is 21.3 Å². The number of aliphatic imine (C=N–C) groups is 1. The number of nitrogens with zero attached hydrogens (tertiary/aromatic N) is 2. The van der Waals surface area contributed by atoms with Gasteiger partial charge in [-0.15, -0.1) is 0 Å². The summed E-state index contributed by atoms with van der Waals surface area (Å²) < 4.78 is 17.3. The van der Waals surface area contributed by atoms with Crippen molar-refractivity contribution in [3.8, 4) is 28.8 Å². The van der Waals surface area contributed by atoms with E-state index in [-0.39, 0.29) is 17.9 Å². The Hall–Kier alpha value is -4.99. The van der Waals surface area contributed by atoms with Crippen LogP contribution in [0.15, 0.2) is 81.3 Å². The van der Waals surface area contributed by atoms with Crippen LogP contribution in [0.4, 0.5) is 5.69 Å². The SMILES string of the molecule is COc1cc(CN=C(Nc2ccccc2)c2c(O)n(-c3ccc(C)cc3)c(=O)[nH]c2=O)cc(OC)c1OC. The zero-order chi connectivity index (χ0) is 27.2. The normalized spacial score (nSPS) is 11.2. The second-order valence-electron chi connectivity index (χ2n) is 8.32. The van der Waals surface area contributed by atoms with Gasteiger partial charge in [0, 0.05) is 5.69 Å². The van der Waals surface area contributed by atoms with Gasteiger partial charge < -0.3 is 24.6 Å². The Bertz CT molecular complexity index is 1550. The summed E-state index contributed by atoms with van der Waals surface area (Å²) in [6.07, 6.45) is 0. The van der Waals surface area contributed by atoms with Crippen LogP contribution in [0, 0.1) is 6.92 Å². The first-order chi connectivity index (χ1) is 18.4. The third-order valence-corrected chi connectivity index (χ3v) is 5.80. The van der Waals surface area contributed by atoms with Crippen LogP contribution in [-0.4, -0.2) is 41.8 Å². The molecule has 3 N–H and O–H groups in total. The van der Waals surface area contributed by atoms with Crippen LogP contribution >= 0.6 is 0 Å². The Kier molecular flexibility index (Phi) is 7.81. The number of amidine groups is 1. The second kappa shape index (κ2) is 11.4.